The second-order valence-corrected chi connectivity index (χ2v) is 17.7. The molecule has 8 rings (SSSR count). The van der Waals surface area contributed by atoms with Crippen LogP contribution in [0.1, 0.15) is 96.9 Å². The number of ether oxygens (including phenoxy) is 1. The van der Waals surface area contributed by atoms with Crippen LogP contribution in [0.3, 0.4) is 0 Å². The molecule has 0 amide bonds. The van der Waals surface area contributed by atoms with E-state index in [1.165, 1.54) is 43.8 Å². The summed E-state index contributed by atoms with van der Waals surface area (Å²) in [5.41, 5.74) is 14.7. The molecular formula is C63H67N3O. The standard InChI is InChI=1S/C61H61N3O.C2H6/c1-13-19-29-60-55(24-14-2)63(53(17-5)59(18-6)65-60)46-32-34-51-58(39-46)64(56-37-44-25-20-21-26-47(44)48-27-22-23-28-49(48)56)57-38-45(31-33-50(57)61(51,11)12)62(52(16-4)41(9)15-3)54-35-30-43(40(7)8)36-42(54)10;1-2/h14-40H,3-6,13H2,1-2,7-12H3;1-2H3/b24-14-,29-19+,52-41+;. The largest absolute Gasteiger partial charge is 0.453 e. The molecule has 2 heterocycles. The molecule has 6 aromatic rings. The summed E-state index contributed by atoms with van der Waals surface area (Å²) in [4.78, 5) is 7.11. The van der Waals surface area contributed by atoms with Crippen LogP contribution in [0.25, 0.3) is 21.5 Å². The summed E-state index contributed by atoms with van der Waals surface area (Å²) >= 11 is 0. The highest BCUT2D eigenvalue weighted by molar-refractivity contribution is 6.15. The van der Waals surface area contributed by atoms with Crippen molar-refractivity contribution >= 4 is 55.7 Å². The maximum Gasteiger partial charge on any atom is 0.151 e. The Morgan fingerprint density at radius 2 is 1.37 bits per heavy atom. The summed E-state index contributed by atoms with van der Waals surface area (Å²) in [6, 6.07) is 40.6. The number of hydrogen-bond donors (Lipinski definition) is 0. The fourth-order valence-corrected chi connectivity index (χ4v) is 9.58. The van der Waals surface area contributed by atoms with Crippen LogP contribution in [0.15, 0.2) is 218 Å². The molecule has 0 atom stereocenters. The lowest BCUT2D eigenvalue weighted by molar-refractivity contribution is 0.319. The van der Waals surface area contributed by atoms with Crippen LogP contribution in [0.5, 0.6) is 0 Å². The zero-order valence-electron chi connectivity index (χ0n) is 41.4. The maximum absolute atomic E-state index is 6.54. The molecule has 0 aromatic heterocycles. The number of benzene rings is 6. The normalized spacial score (nSPS) is 14.7. The summed E-state index contributed by atoms with van der Waals surface area (Å²) < 4.78 is 6.54. The van der Waals surface area contributed by atoms with Crippen molar-refractivity contribution in [1.82, 2.24) is 0 Å². The molecule has 4 heteroatoms. The Kier molecular flexibility index (Phi) is 14.3. The molecule has 67 heavy (non-hydrogen) atoms. The van der Waals surface area contributed by atoms with Gasteiger partial charge in [0.15, 0.2) is 11.5 Å². The summed E-state index contributed by atoms with van der Waals surface area (Å²) in [6.07, 6.45) is 16.7. The third kappa shape index (κ3) is 8.53. The molecule has 2 aliphatic heterocycles. The lowest BCUT2D eigenvalue weighted by atomic mass is 9.73. The number of allylic oxidation sites excluding steroid dienone is 9. The Hall–Kier alpha value is -7.30. The van der Waals surface area contributed by atoms with Gasteiger partial charge in [-0.3, -0.25) is 0 Å². The van der Waals surface area contributed by atoms with Gasteiger partial charge in [-0.25, -0.2) is 0 Å². The molecule has 0 radical (unpaired) electrons. The molecule has 0 spiro atoms. The maximum atomic E-state index is 6.54. The highest BCUT2D eigenvalue weighted by atomic mass is 16.5. The Labute approximate surface area is 400 Å². The number of aryl methyl sites for hydroxylation is 1. The van der Waals surface area contributed by atoms with Crippen LogP contribution in [0.4, 0.5) is 34.1 Å². The first-order valence-electron chi connectivity index (χ1n) is 23.8. The molecule has 4 nitrogen and oxygen atoms in total. The van der Waals surface area contributed by atoms with Crippen molar-refractivity contribution in [3.05, 3.63) is 241 Å². The average Bonchev–Trinajstić information content (AvgIpc) is 3.35. The van der Waals surface area contributed by atoms with Crippen LogP contribution in [-0.2, 0) is 10.2 Å². The van der Waals surface area contributed by atoms with Crippen molar-refractivity contribution < 1.29 is 4.74 Å². The molecule has 0 bridgehead atoms. The van der Waals surface area contributed by atoms with Gasteiger partial charge in [0.25, 0.3) is 0 Å². The van der Waals surface area contributed by atoms with Gasteiger partial charge in [-0.15, -0.1) is 0 Å². The Morgan fingerprint density at radius 3 is 2.00 bits per heavy atom. The van der Waals surface area contributed by atoms with E-state index in [1.54, 1.807) is 6.08 Å². The quantitative estimate of drug-likeness (QED) is 0.0850. The second kappa shape index (κ2) is 20.1. The molecule has 6 aromatic carbocycles. The van der Waals surface area contributed by atoms with Gasteiger partial charge in [-0.05, 0) is 144 Å². The first-order chi connectivity index (χ1) is 32.4. The van der Waals surface area contributed by atoms with E-state index in [9.17, 15) is 0 Å². The van der Waals surface area contributed by atoms with E-state index < -0.39 is 0 Å². The summed E-state index contributed by atoms with van der Waals surface area (Å²) in [6.45, 7) is 38.7. The van der Waals surface area contributed by atoms with E-state index in [0.29, 0.717) is 11.7 Å². The van der Waals surface area contributed by atoms with Crippen LogP contribution in [-0.4, -0.2) is 0 Å². The van der Waals surface area contributed by atoms with Gasteiger partial charge in [0.05, 0.1) is 28.5 Å². The Balaban J connectivity index is 0.00000329. The smallest absolute Gasteiger partial charge is 0.151 e. The first kappa shape index (κ1) is 47.7. The predicted octanol–water partition coefficient (Wildman–Crippen LogP) is 18.5. The van der Waals surface area contributed by atoms with Crippen molar-refractivity contribution in [3.8, 4) is 0 Å². The third-order valence-electron chi connectivity index (χ3n) is 13.0. The molecule has 0 unspecified atom stereocenters. The molecule has 2 aliphatic rings. The summed E-state index contributed by atoms with van der Waals surface area (Å²) in [7, 11) is 0. The van der Waals surface area contributed by atoms with Crippen molar-refractivity contribution in [3.63, 3.8) is 0 Å². The van der Waals surface area contributed by atoms with Crippen LogP contribution in [0.2, 0.25) is 0 Å². The summed E-state index contributed by atoms with van der Waals surface area (Å²) in [5, 5.41) is 4.76. The second-order valence-electron chi connectivity index (χ2n) is 17.7. The Bertz CT molecular complexity index is 3070. The third-order valence-corrected chi connectivity index (χ3v) is 13.0. The highest BCUT2D eigenvalue weighted by Crippen LogP contribution is 2.56. The van der Waals surface area contributed by atoms with E-state index in [0.717, 1.165) is 69.0 Å². The predicted molar refractivity (Wildman–Crippen MR) is 292 cm³/mol. The number of hydrogen-bond acceptors (Lipinski definition) is 4. The molecule has 0 saturated heterocycles. The fraction of sp³-hybridized carbons (Fsp3) is 0.206. The van der Waals surface area contributed by atoms with Crippen molar-refractivity contribution in [2.45, 2.75) is 87.0 Å². The van der Waals surface area contributed by atoms with Gasteiger partial charge in [0, 0.05) is 33.6 Å². The van der Waals surface area contributed by atoms with Gasteiger partial charge >= 0.3 is 0 Å². The lowest BCUT2D eigenvalue weighted by Crippen LogP contribution is -2.32. The van der Waals surface area contributed by atoms with E-state index >= 15 is 0 Å². The van der Waals surface area contributed by atoms with Crippen molar-refractivity contribution in [2.75, 3.05) is 14.7 Å². The molecular weight excluding hydrogens is 815 g/mol. The van der Waals surface area contributed by atoms with Crippen molar-refractivity contribution in [1.29, 1.82) is 0 Å². The monoisotopic (exact) mass is 882 g/mol. The van der Waals surface area contributed by atoms with Crippen LogP contribution in [0, 0.1) is 6.92 Å². The number of nitrogens with zero attached hydrogens (tertiary/aromatic N) is 3. The van der Waals surface area contributed by atoms with E-state index in [-0.39, 0.29) is 5.41 Å². The number of fused-ring (bicyclic) bond motifs is 5. The zero-order chi connectivity index (χ0) is 48.2. The minimum atomic E-state index is -0.385. The van der Waals surface area contributed by atoms with E-state index in [1.807, 2.05) is 39.0 Å². The number of anilines is 6. The summed E-state index contributed by atoms with van der Waals surface area (Å²) in [5.74, 6) is 1.80. The number of rotatable bonds is 13. The SMILES string of the molecule is C=CC1=C(C=C)N(c2ccc3c(c2)N(c2cc4ccccc4c4ccccc24)c2cc(N(/C(C=C)=C(\C)C=C)c4ccc(C(C)C)cc4C)ccc2C3(C)C)C(/C=C\C)=C(/C=C/CC)O1.CC. The molecule has 340 valence electrons. The topological polar surface area (TPSA) is 19.0 Å². The van der Waals surface area contributed by atoms with Gasteiger partial charge in [0.1, 0.15) is 0 Å². The Morgan fingerprint density at radius 1 is 0.701 bits per heavy atom. The van der Waals surface area contributed by atoms with Gasteiger partial charge in [0.2, 0.25) is 0 Å². The minimum Gasteiger partial charge on any atom is -0.453 e. The van der Waals surface area contributed by atoms with Crippen LogP contribution >= 0.6 is 0 Å². The van der Waals surface area contributed by atoms with Gasteiger partial charge in [-0.1, -0.05) is 166 Å². The van der Waals surface area contributed by atoms with Gasteiger partial charge < -0.3 is 19.4 Å². The molecule has 0 aliphatic carbocycles. The first-order valence-corrected chi connectivity index (χ1v) is 23.8. The molecule has 0 fully saturated rings. The lowest BCUT2D eigenvalue weighted by Gasteiger charge is -2.44. The highest BCUT2D eigenvalue weighted by Gasteiger charge is 2.39. The van der Waals surface area contributed by atoms with Crippen LogP contribution < -0.4 is 14.7 Å². The van der Waals surface area contributed by atoms with Crippen molar-refractivity contribution in [2.24, 2.45) is 0 Å². The average molecular weight is 882 g/mol. The van der Waals surface area contributed by atoms with E-state index in [2.05, 4.69) is 223 Å². The molecule has 0 saturated carbocycles. The van der Waals surface area contributed by atoms with Gasteiger partial charge in [-0.2, -0.15) is 0 Å². The van der Waals surface area contributed by atoms with E-state index in [4.69, 9.17) is 4.74 Å². The minimum absolute atomic E-state index is 0.385. The zero-order valence-corrected chi connectivity index (χ0v) is 41.4. The molecule has 0 N–H and O–H groups in total. The fourth-order valence-electron chi connectivity index (χ4n) is 9.58.